The smallest absolute Gasteiger partial charge is 0.378 e. The van der Waals surface area contributed by atoms with E-state index in [2.05, 4.69) is 4.98 Å². The molecule has 11 heteroatoms. The molecule has 1 saturated heterocycles. The average molecular weight is 471 g/mol. The number of hydrogen-bond acceptors (Lipinski definition) is 4. The Morgan fingerprint density at radius 3 is 2.33 bits per heavy atom. The molecule has 4 rings (SSSR count). The summed E-state index contributed by atoms with van der Waals surface area (Å²) in [4.78, 5) is 18.5. The summed E-state index contributed by atoms with van der Waals surface area (Å²) in [5, 5.41) is 0. The Morgan fingerprint density at radius 1 is 1.03 bits per heavy atom. The highest BCUT2D eigenvalue weighted by Gasteiger charge is 2.36. The second kappa shape index (κ2) is 8.36. The average Bonchev–Trinajstić information content (AvgIpc) is 2.75. The summed E-state index contributed by atoms with van der Waals surface area (Å²) < 4.78 is 87.1. The summed E-state index contributed by atoms with van der Waals surface area (Å²) >= 11 is 0. The summed E-state index contributed by atoms with van der Waals surface area (Å²) in [7, 11) is 0. The molecule has 3 aromatic rings. The quantitative estimate of drug-likeness (QED) is 0.523. The van der Waals surface area contributed by atoms with E-state index in [0.29, 0.717) is 38.2 Å². The molecule has 0 radical (unpaired) electrons. The Kier molecular flexibility index (Phi) is 5.85. The van der Waals surface area contributed by atoms with E-state index in [1.165, 1.54) is 31.3 Å². The van der Waals surface area contributed by atoms with Crippen LogP contribution in [0.5, 0.6) is 0 Å². The normalized spacial score (nSPS) is 15.3. The third-order valence-electron chi connectivity index (χ3n) is 5.68. The molecule has 3 heterocycles. The number of pyridine rings is 2. The standard InChI is InChI=1S/C22H19F6N3O2/c1-13-14(3-2-4-16(13)21(23,24)25)11-31-12-17(22(26,27)28)20(32)19-18(31)9-15(10-29-19)30-5-7-33-8-6-30/h2-4,9-10,12H,5-8,11H2,1H3. The Balaban J connectivity index is 1.90. The van der Waals surface area contributed by atoms with Crippen LogP contribution in [0, 0.1) is 6.92 Å². The maximum absolute atomic E-state index is 13.6. The van der Waals surface area contributed by atoms with Gasteiger partial charge in [-0.25, -0.2) is 4.98 Å². The molecule has 176 valence electrons. The molecule has 0 amide bonds. The van der Waals surface area contributed by atoms with Gasteiger partial charge in [-0.15, -0.1) is 0 Å². The van der Waals surface area contributed by atoms with Crippen molar-refractivity contribution in [2.75, 3.05) is 31.2 Å². The molecular formula is C22H19F6N3O2. The van der Waals surface area contributed by atoms with E-state index < -0.39 is 34.4 Å². The summed E-state index contributed by atoms with van der Waals surface area (Å²) in [6, 6.07) is 5.08. The molecule has 1 aliphatic rings. The summed E-state index contributed by atoms with van der Waals surface area (Å²) in [6.07, 6.45) is -7.57. The number of halogens is 6. The van der Waals surface area contributed by atoms with Crippen molar-refractivity contribution in [2.24, 2.45) is 0 Å². The molecular weight excluding hydrogens is 452 g/mol. The zero-order valence-corrected chi connectivity index (χ0v) is 17.4. The Morgan fingerprint density at radius 2 is 1.70 bits per heavy atom. The minimum absolute atomic E-state index is 0.0947. The van der Waals surface area contributed by atoms with Crippen molar-refractivity contribution in [3.8, 4) is 0 Å². The predicted molar refractivity (Wildman–Crippen MR) is 109 cm³/mol. The molecule has 1 aliphatic heterocycles. The highest BCUT2D eigenvalue weighted by molar-refractivity contribution is 5.79. The first kappa shape index (κ1) is 23.1. The summed E-state index contributed by atoms with van der Waals surface area (Å²) in [5.41, 5.74) is -3.19. The molecule has 33 heavy (non-hydrogen) atoms. The van der Waals surface area contributed by atoms with Crippen LogP contribution in [0.25, 0.3) is 11.0 Å². The Labute approximate surface area is 184 Å². The van der Waals surface area contributed by atoms with Crippen molar-refractivity contribution in [2.45, 2.75) is 25.8 Å². The van der Waals surface area contributed by atoms with Crippen LogP contribution in [0.15, 0.2) is 41.5 Å². The number of morpholine rings is 1. The van der Waals surface area contributed by atoms with Gasteiger partial charge < -0.3 is 14.2 Å². The van der Waals surface area contributed by atoms with Crippen molar-refractivity contribution in [3.05, 3.63) is 69.1 Å². The first-order valence-corrected chi connectivity index (χ1v) is 10.1. The second-order valence-electron chi connectivity index (χ2n) is 7.75. The molecule has 2 aromatic heterocycles. The van der Waals surface area contributed by atoms with E-state index >= 15 is 0 Å². The third-order valence-corrected chi connectivity index (χ3v) is 5.68. The number of anilines is 1. The monoisotopic (exact) mass is 471 g/mol. The van der Waals surface area contributed by atoms with E-state index in [1.807, 2.05) is 4.90 Å². The van der Waals surface area contributed by atoms with Gasteiger partial charge in [-0.1, -0.05) is 12.1 Å². The maximum atomic E-state index is 13.6. The number of ether oxygens (including phenoxy) is 1. The summed E-state index contributed by atoms with van der Waals surface area (Å²) in [6.45, 7) is 2.95. The first-order chi connectivity index (χ1) is 15.5. The van der Waals surface area contributed by atoms with Gasteiger partial charge in [0, 0.05) is 25.8 Å². The van der Waals surface area contributed by atoms with Crippen molar-refractivity contribution < 1.29 is 31.1 Å². The molecule has 0 spiro atoms. The fourth-order valence-corrected chi connectivity index (χ4v) is 3.92. The largest absolute Gasteiger partial charge is 0.421 e. The minimum atomic E-state index is -4.94. The minimum Gasteiger partial charge on any atom is -0.378 e. The van der Waals surface area contributed by atoms with Crippen molar-refractivity contribution >= 4 is 16.7 Å². The van der Waals surface area contributed by atoms with E-state index in [4.69, 9.17) is 4.74 Å². The molecule has 0 unspecified atom stereocenters. The van der Waals surface area contributed by atoms with Gasteiger partial charge in [-0.05, 0) is 30.2 Å². The van der Waals surface area contributed by atoms with E-state index in [1.54, 1.807) is 0 Å². The molecule has 1 fully saturated rings. The van der Waals surface area contributed by atoms with Gasteiger partial charge in [0.25, 0.3) is 0 Å². The SMILES string of the molecule is Cc1c(Cn2cc(C(F)(F)F)c(=O)c3ncc(N4CCOCC4)cc32)cccc1C(F)(F)F. The van der Waals surface area contributed by atoms with Gasteiger partial charge in [0.15, 0.2) is 0 Å². The molecule has 1 aromatic carbocycles. The first-order valence-electron chi connectivity index (χ1n) is 10.1. The van der Waals surface area contributed by atoms with Crippen LogP contribution in [0.3, 0.4) is 0 Å². The lowest BCUT2D eigenvalue weighted by atomic mass is 10.0. The lowest BCUT2D eigenvalue weighted by molar-refractivity contribution is -0.139. The zero-order valence-electron chi connectivity index (χ0n) is 17.4. The topological polar surface area (TPSA) is 47.4 Å². The van der Waals surface area contributed by atoms with Crippen LogP contribution in [-0.4, -0.2) is 35.9 Å². The van der Waals surface area contributed by atoms with Gasteiger partial charge in [0.2, 0.25) is 5.43 Å². The predicted octanol–water partition coefficient (Wildman–Crippen LogP) is 4.63. The fourth-order valence-electron chi connectivity index (χ4n) is 3.92. The van der Waals surface area contributed by atoms with Crippen molar-refractivity contribution in [1.29, 1.82) is 0 Å². The molecule has 0 saturated carbocycles. The highest BCUT2D eigenvalue weighted by atomic mass is 19.4. The van der Waals surface area contributed by atoms with Gasteiger partial charge in [0.1, 0.15) is 11.1 Å². The van der Waals surface area contributed by atoms with Crippen LogP contribution in [-0.2, 0) is 23.6 Å². The van der Waals surface area contributed by atoms with Gasteiger partial charge in [-0.3, -0.25) is 4.79 Å². The van der Waals surface area contributed by atoms with Crippen molar-refractivity contribution in [3.63, 3.8) is 0 Å². The number of nitrogens with zero attached hydrogens (tertiary/aromatic N) is 3. The Bertz CT molecular complexity index is 1240. The molecule has 0 atom stereocenters. The molecule has 0 aliphatic carbocycles. The zero-order chi connectivity index (χ0) is 24.0. The van der Waals surface area contributed by atoms with Crippen LogP contribution in [0.2, 0.25) is 0 Å². The lowest BCUT2D eigenvalue weighted by Crippen LogP contribution is -2.36. The molecule has 0 bridgehead atoms. The number of aromatic nitrogens is 2. The van der Waals surface area contributed by atoms with E-state index in [9.17, 15) is 31.1 Å². The van der Waals surface area contributed by atoms with Crippen LogP contribution >= 0.6 is 0 Å². The van der Waals surface area contributed by atoms with Crippen LogP contribution in [0.1, 0.15) is 22.3 Å². The molecule has 5 nitrogen and oxygen atoms in total. The fraction of sp³-hybridized carbons (Fsp3) is 0.364. The molecule has 0 N–H and O–H groups in total. The van der Waals surface area contributed by atoms with Gasteiger partial charge >= 0.3 is 12.4 Å². The maximum Gasteiger partial charge on any atom is 0.421 e. The van der Waals surface area contributed by atoms with Gasteiger partial charge in [-0.2, -0.15) is 26.3 Å². The van der Waals surface area contributed by atoms with Crippen LogP contribution < -0.4 is 10.3 Å². The Hall–Kier alpha value is -3.08. The third kappa shape index (κ3) is 4.54. The number of benzene rings is 1. The number of rotatable bonds is 3. The number of hydrogen-bond donors (Lipinski definition) is 0. The number of alkyl halides is 6. The number of fused-ring (bicyclic) bond motifs is 1. The summed E-state index contributed by atoms with van der Waals surface area (Å²) in [5.74, 6) is 0. The highest BCUT2D eigenvalue weighted by Crippen LogP contribution is 2.34. The lowest BCUT2D eigenvalue weighted by Gasteiger charge is -2.29. The van der Waals surface area contributed by atoms with Gasteiger partial charge in [0.05, 0.1) is 36.2 Å². The van der Waals surface area contributed by atoms with E-state index in [0.717, 1.165) is 10.6 Å². The second-order valence-corrected chi connectivity index (χ2v) is 7.75. The van der Waals surface area contributed by atoms with Crippen molar-refractivity contribution in [1.82, 2.24) is 9.55 Å². The van der Waals surface area contributed by atoms with Crippen LogP contribution in [0.4, 0.5) is 32.0 Å². The van der Waals surface area contributed by atoms with E-state index in [-0.39, 0.29) is 23.2 Å².